The predicted octanol–water partition coefficient (Wildman–Crippen LogP) is 3.83. The smallest absolute Gasteiger partial charge is 0.323 e. The number of benzene rings is 1. The van der Waals surface area contributed by atoms with Crippen molar-refractivity contribution in [3.63, 3.8) is 0 Å². The Kier molecular flexibility index (Phi) is 5.22. The summed E-state index contributed by atoms with van der Waals surface area (Å²) in [6, 6.07) is 6.67. The van der Waals surface area contributed by atoms with Crippen LogP contribution in [0.5, 0.6) is 11.8 Å². The van der Waals surface area contributed by atoms with Crippen molar-refractivity contribution in [2.75, 3.05) is 5.73 Å². The molecule has 0 aliphatic heterocycles. The molecule has 136 valence electrons. The minimum absolute atomic E-state index is 0.00978. The third kappa shape index (κ3) is 3.82. The molecular formula is C19H17FN6O. The van der Waals surface area contributed by atoms with Gasteiger partial charge in [-0.1, -0.05) is 19.9 Å². The van der Waals surface area contributed by atoms with Gasteiger partial charge in [0.05, 0.1) is 18.1 Å². The van der Waals surface area contributed by atoms with Gasteiger partial charge >= 0.3 is 6.01 Å². The van der Waals surface area contributed by atoms with Crippen molar-refractivity contribution in [2.45, 2.75) is 26.2 Å². The second-order valence-corrected chi connectivity index (χ2v) is 5.92. The van der Waals surface area contributed by atoms with Crippen LogP contribution in [0.2, 0.25) is 0 Å². The number of nitrogens with two attached hydrogens (primary N) is 1. The topological polar surface area (TPSA) is 111 Å². The van der Waals surface area contributed by atoms with Gasteiger partial charge in [0, 0.05) is 17.3 Å². The molecule has 27 heavy (non-hydrogen) atoms. The molecular weight excluding hydrogens is 347 g/mol. The van der Waals surface area contributed by atoms with E-state index in [0.717, 1.165) is 6.42 Å². The fourth-order valence-electron chi connectivity index (χ4n) is 2.50. The molecule has 0 fully saturated rings. The number of hydrogen-bond acceptors (Lipinski definition) is 7. The summed E-state index contributed by atoms with van der Waals surface area (Å²) in [5, 5.41) is 8.98. The van der Waals surface area contributed by atoms with Gasteiger partial charge in [-0.3, -0.25) is 4.98 Å². The van der Waals surface area contributed by atoms with Gasteiger partial charge in [0.15, 0.2) is 11.6 Å². The van der Waals surface area contributed by atoms with E-state index in [1.807, 2.05) is 19.9 Å². The SMILES string of the molecule is CCC(C)c1ccc(-c2cnc(N)cn2)c(F)c1Oc1nccc(C#N)n1. The normalized spacial score (nSPS) is 11.6. The van der Waals surface area contributed by atoms with Gasteiger partial charge in [0.25, 0.3) is 0 Å². The first-order valence-electron chi connectivity index (χ1n) is 8.34. The zero-order chi connectivity index (χ0) is 19.4. The number of ether oxygens (including phenoxy) is 1. The molecule has 0 aliphatic rings. The minimum Gasteiger partial charge on any atom is -0.421 e. The Morgan fingerprint density at radius 2 is 2.04 bits per heavy atom. The van der Waals surface area contributed by atoms with Gasteiger partial charge in [-0.25, -0.2) is 14.4 Å². The maximum absolute atomic E-state index is 15.3. The second-order valence-electron chi connectivity index (χ2n) is 5.92. The lowest BCUT2D eigenvalue weighted by atomic mass is 9.95. The van der Waals surface area contributed by atoms with Crippen LogP contribution in [-0.4, -0.2) is 19.9 Å². The van der Waals surface area contributed by atoms with Crippen molar-refractivity contribution in [3.05, 3.63) is 53.9 Å². The van der Waals surface area contributed by atoms with Crippen LogP contribution in [0.1, 0.15) is 37.4 Å². The number of nitrogens with zero attached hydrogens (tertiary/aromatic N) is 5. The van der Waals surface area contributed by atoms with Crippen LogP contribution in [0.15, 0.2) is 36.8 Å². The van der Waals surface area contributed by atoms with E-state index in [-0.39, 0.29) is 34.8 Å². The minimum atomic E-state index is -0.599. The van der Waals surface area contributed by atoms with Gasteiger partial charge in [0.1, 0.15) is 17.6 Å². The van der Waals surface area contributed by atoms with E-state index in [0.29, 0.717) is 11.3 Å². The molecule has 1 atom stereocenters. The van der Waals surface area contributed by atoms with Crippen LogP contribution < -0.4 is 10.5 Å². The summed E-state index contributed by atoms with van der Waals surface area (Å²) in [7, 11) is 0. The third-order valence-corrected chi connectivity index (χ3v) is 4.16. The lowest BCUT2D eigenvalue weighted by Crippen LogP contribution is -2.03. The van der Waals surface area contributed by atoms with Crippen LogP contribution >= 0.6 is 0 Å². The van der Waals surface area contributed by atoms with Gasteiger partial charge < -0.3 is 10.5 Å². The Labute approximate surface area is 155 Å². The number of rotatable bonds is 5. The lowest BCUT2D eigenvalue weighted by Gasteiger charge is -2.17. The molecule has 0 saturated heterocycles. The fourth-order valence-corrected chi connectivity index (χ4v) is 2.50. The molecule has 7 nitrogen and oxygen atoms in total. The van der Waals surface area contributed by atoms with Crippen LogP contribution in [0.3, 0.4) is 0 Å². The first-order chi connectivity index (χ1) is 13.0. The number of aromatic nitrogens is 4. The van der Waals surface area contributed by atoms with Crippen molar-refractivity contribution in [1.82, 2.24) is 19.9 Å². The molecule has 1 unspecified atom stereocenters. The lowest BCUT2D eigenvalue weighted by molar-refractivity contribution is 0.402. The average Bonchev–Trinajstić information content (AvgIpc) is 2.70. The van der Waals surface area contributed by atoms with Gasteiger partial charge in [-0.15, -0.1) is 0 Å². The maximum Gasteiger partial charge on any atom is 0.323 e. The van der Waals surface area contributed by atoms with Crippen molar-refractivity contribution in [1.29, 1.82) is 5.26 Å². The number of hydrogen-bond donors (Lipinski definition) is 1. The summed E-state index contributed by atoms with van der Waals surface area (Å²) in [4.78, 5) is 16.0. The van der Waals surface area contributed by atoms with E-state index >= 15 is 4.39 Å². The molecule has 3 aromatic rings. The average molecular weight is 364 g/mol. The molecule has 2 N–H and O–H groups in total. The van der Waals surface area contributed by atoms with Crippen LogP contribution in [0.25, 0.3) is 11.3 Å². The Balaban J connectivity index is 2.11. The summed E-state index contributed by atoms with van der Waals surface area (Å²) in [6.07, 6.45) is 4.93. The standard InChI is InChI=1S/C19H17FN6O/c1-3-11(2)13-4-5-14(15-9-25-16(22)10-24-15)17(20)18(13)27-19-23-7-6-12(8-21)26-19/h4-7,9-11H,3H2,1-2H3,(H2,22,25). The summed E-state index contributed by atoms with van der Waals surface area (Å²) < 4.78 is 21.0. The van der Waals surface area contributed by atoms with Crippen molar-refractivity contribution >= 4 is 5.82 Å². The highest BCUT2D eigenvalue weighted by atomic mass is 19.1. The highest BCUT2D eigenvalue weighted by Gasteiger charge is 2.21. The van der Waals surface area contributed by atoms with Crippen molar-refractivity contribution < 1.29 is 9.13 Å². The monoisotopic (exact) mass is 364 g/mol. The molecule has 1 aromatic carbocycles. The predicted molar refractivity (Wildman–Crippen MR) is 97.4 cm³/mol. The van der Waals surface area contributed by atoms with E-state index in [1.165, 1.54) is 24.7 Å². The van der Waals surface area contributed by atoms with E-state index < -0.39 is 5.82 Å². The molecule has 0 amide bonds. The Morgan fingerprint density at radius 3 is 2.70 bits per heavy atom. The Morgan fingerprint density at radius 1 is 1.22 bits per heavy atom. The quantitative estimate of drug-likeness (QED) is 0.732. The summed E-state index contributed by atoms with van der Waals surface area (Å²) in [5.41, 5.74) is 6.90. The van der Waals surface area contributed by atoms with E-state index in [4.69, 9.17) is 15.7 Å². The summed E-state index contributed by atoms with van der Waals surface area (Å²) in [6.45, 7) is 3.97. The van der Waals surface area contributed by atoms with Crippen LogP contribution in [-0.2, 0) is 0 Å². The fraction of sp³-hybridized carbons (Fsp3) is 0.211. The first-order valence-corrected chi connectivity index (χ1v) is 8.34. The number of anilines is 1. The molecule has 0 radical (unpaired) electrons. The molecule has 8 heteroatoms. The van der Waals surface area contributed by atoms with Gasteiger partial charge in [-0.05, 0) is 24.5 Å². The van der Waals surface area contributed by atoms with Gasteiger partial charge in [-0.2, -0.15) is 10.2 Å². The van der Waals surface area contributed by atoms with E-state index in [9.17, 15) is 0 Å². The highest BCUT2D eigenvalue weighted by Crippen LogP contribution is 2.38. The van der Waals surface area contributed by atoms with Gasteiger partial charge in [0.2, 0.25) is 0 Å². The highest BCUT2D eigenvalue weighted by molar-refractivity contribution is 5.64. The summed E-state index contributed by atoms with van der Waals surface area (Å²) >= 11 is 0. The Bertz CT molecular complexity index is 1000. The number of halogens is 1. The van der Waals surface area contributed by atoms with Crippen molar-refractivity contribution in [2.24, 2.45) is 0 Å². The molecule has 0 aliphatic carbocycles. The summed E-state index contributed by atoms with van der Waals surface area (Å²) in [5.74, 6) is -0.304. The van der Waals surface area contributed by atoms with Crippen LogP contribution in [0.4, 0.5) is 10.2 Å². The first kappa shape index (κ1) is 18.2. The van der Waals surface area contributed by atoms with Crippen LogP contribution in [0, 0.1) is 17.1 Å². The molecule has 2 heterocycles. The second kappa shape index (κ2) is 7.74. The van der Waals surface area contributed by atoms with Crippen molar-refractivity contribution in [3.8, 4) is 29.1 Å². The molecule has 2 aromatic heterocycles. The zero-order valence-corrected chi connectivity index (χ0v) is 14.8. The third-order valence-electron chi connectivity index (χ3n) is 4.16. The molecule has 0 spiro atoms. The van der Waals surface area contributed by atoms with E-state index in [1.54, 1.807) is 12.1 Å². The molecule has 0 bridgehead atoms. The maximum atomic E-state index is 15.3. The largest absolute Gasteiger partial charge is 0.421 e. The zero-order valence-electron chi connectivity index (χ0n) is 14.8. The molecule has 0 saturated carbocycles. The van der Waals surface area contributed by atoms with E-state index in [2.05, 4.69) is 19.9 Å². The number of nitriles is 1. The molecule has 3 rings (SSSR count). The Hall–Kier alpha value is -3.60. The number of nitrogen functional groups attached to an aromatic ring is 1.